The molecule has 0 radical (unpaired) electrons. The number of ether oxygens (including phenoxy) is 2. The normalized spacial score (nSPS) is 12.2. The third-order valence-corrected chi connectivity index (χ3v) is 4.62. The molecule has 0 spiro atoms. The summed E-state index contributed by atoms with van der Waals surface area (Å²) in [5.41, 5.74) is 4.00. The molecular weight excluding hydrogens is 352 g/mol. The maximum absolute atomic E-state index is 11.0. The van der Waals surface area contributed by atoms with Crippen LogP contribution < -0.4 is 9.47 Å². The first-order chi connectivity index (χ1) is 13.7. The highest BCUT2D eigenvalue weighted by Gasteiger charge is 2.17. The number of hydrogen-bond acceptors (Lipinski definition) is 3. The van der Waals surface area contributed by atoms with Gasteiger partial charge in [0.1, 0.15) is 23.9 Å². The van der Waals surface area contributed by atoms with E-state index in [0.717, 1.165) is 45.9 Å². The predicted octanol–water partition coefficient (Wildman–Crippen LogP) is 5.47. The largest absolute Gasteiger partial charge is 0.489 e. The quantitative estimate of drug-likeness (QED) is 0.597. The molecule has 3 aromatic rings. The minimum Gasteiger partial charge on any atom is -0.489 e. The van der Waals surface area contributed by atoms with Gasteiger partial charge in [-0.15, -0.1) is 0 Å². The number of para-hydroxylation sites is 1. The molecule has 0 saturated carbocycles. The van der Waals surface area contributed by atoms with Gasteiger partial charge in [-0.3, -0.25) is 4.79 Å². The summed E-state index contributed by atoms with van der Waals surface area (Å²) in [5, 5.41) is 9.00. The van der Waals surface area contributed by atoms with Crippen molar-refractivity contribution in [1.82, 2.24) is 0 Å². The van der Waals surface area contributed by atoms with E-state index < -0.39 is 5.97 Å². The molecule has 4 nitrogen and oxygen atoms in total. The molecule has 0 atom stereocenters. The Bertz CT molecular complexity index is 1020. The van der Waals surface area contributed by atoms with E-state index in [1.807, 2.05) is 78.9 Å². The molecule has 3 aromatic carbocycles. The number of fused-ring (bicyclic) bond motifs is 1. The summed E-state index contributed by atoms with van der Waals surface area (Å²) in [6.07, 6.45) is 2.78. The van der Waals surface area contributed by atoms with Crippen molar-refractivity contribution >= 4 is 11.5 Å². The number of carbonyl (C=O) groups is 1. The smallest absolute Gasteiger partial charge is 0.307 e. The van der Waals surface area contributed by atoms with Crippen molar-refractivity contribution in [2.45, 2.75) is 19.4 Å². The molecule has 140 valence electrons. The molecule has 0 amide bonds. The Morgan fingerprint density at radius 1 is 0.893 bits per heavy atom. The Morgan fingerprint density at radius 3 is 2.54 bits per heavy atom. The molecule has 0 heterocycles. The molecule has 28 heavy (non-hydrogen) atoms. The standard InChI is InChI=1S/C24H20O4/c25-24(26)15-19-10-9-18-14-21(11-12-23(18)19)27-16-17-5-4-8-22(13-17)28-20-6-2-1-3-7-20/h1-8,10-14H,9,15-16H2,(H,25,26). The van der Waals surface area contributed by atoms with Gasteiger partial charge in [0.25, 0.3) is 0 Å². The molecule has 0 unspecified atom stereocenters. The van der Waals surface area contributed by atoms with Crippen molar-refractivity contribution in [2.24, 2.45) is 0 Å². The molecule has 1 aliphatic rings. The maximum atomic E-state index is 11.0. The van der Waals surface area contributed by atoms with Gasteiger partial charge >= 0.3 is 5.97 Å². The van der Waals surface area contributed by atoms with Crippen molar-refractivity contribution < 1.29 is 19.4 Å². The molecule has 0 bridgehead atoms. The fraction of sp³-hybridized carbons (Fsp3) is 0.125. The third-order valence-electron chi connectivity index (χ3n) is 4.62. The summed E-state index contributed by atoms with van der Waals surface area (Å²) in [6, 6.07) is 23.3. The molecule has 0 aliphatic heterocycles. The van der Waals surface area contributed by atoms with Gasteiger partial charge in [-0.2, -0.15) is 0 Å². The number of carboxylic acids is 1. The number of carboxylic acid groups (broad SMARTS) is 1. The van der Waals surface area contributed by atoms with E-state index >= 15 is 0 Å². The molecular formula is C24H20O4. The lowest BCUT2D eigenvalue weighted by Gasteiger charge is -2.11. The average molecular weight is 372 g/mol. The van der Waals surface area contributed by atoms with E-state index in [9.17, 15) is 4.79 Å². The van der Waals surface area contributed by atoms with Crippen LogP contribution in [0, 0.1) is 0 Å². The van der Waals surface area contributed by atoms with Gasteiger partial charge in [0.15, 0.2) is 0 Å². The van der Waals surface area contributed by atoms with E-state index in [-0.39, 0.29) is 6.42 Å². The fourth-order valence-electron chi connectivity index (χ4n) is 3.31. The first-order valence-corrected chi connectivity index (χ1v) is 9.16. The van der Waals surface area contributed by atoms with Crippen LogP contribution in [-0.2, 0) is 17.8 Å². The molecule has 4 rings (SSSR count). The summed E-state index contributed by atoms with van der Waals surface area (Å²) < 4.78 is 11.8. The second kappa shape index (κ2) is 8.01. The van der Waals surface area contributed by atoms with Gasteiger partial charge in [0, 0.05) is 0 Å². The van der Waals surface area contributed by atoms with E-state index in [0.29, 0.717) is 6.61 Å². The van der Waals surface area contributed by atoms with Crippen molar-refractivity contribution in [1.29, 1.82) is 0 Å². The van der Waals surface area contributed by atoms with Crippen LogP contribution in [0.2, 0.25) is 0 Å². The van der Waals surface area contributed by atoms with Gasteiger partial charge in [0.05, 0.1) is 6.42 Å². The van der Waals surface area contributed by atoms with E-state index in [4.69, 9.17) is 14.6 Å². The minimum atomic E-state index is -0.808. The molecule has 1 aliphatic carbocycles. The SMILES string of the molecule is O=C(O)CC1=CCc2cc(OCc3cccc(Oc4ccccc4)c3)ccc21. The fourth-order valence-corrected chi connectivity index (χ4v) is 3.31. The van der Waals surface area contributed by atoms with Gasteiger partial charge in [-0.1, -0.05) is 42.5 Å². The van der Waals surface area contributed by atoms with Crippen LogP contribution in [-0.4, -0.2) is 11.1 Å². The highest BCUT2D eigenvalue weighted by Crippen LogP contribution is 2.32. The Balaban J connectivity index is 1.40. The zero-order chi connectivity index (χ0) is 19.3. The van der Waals surface area contributed by atoms with Crippen LogP contribution in [0.15, 0.2) is 78.9 Å². The van der Waals surface area contributed by atoms with Crippen LogP contribution in [0.4, 0.5) is 0 Å². The zero-order valence-electron chi connectivity index (χ0n) is 15.3. The molecule has 4 heteroatoms. The van der Waals surface area contributed by atoms with E-state index in [1.165, 1.54) is 0 Å². The van der Waals surface area contributed by atoms with Crippen LogP contribution in [0.3, 0.4) is 0 Å². The van der Waals surface area contributed by atoms with E-state index in [1.54, 1.807) is 0 Å². The maximum Gasteiger partial charge on any atom is 0.307 e. The molecule has 1 N–H and O–H groups in total. The highest BCUT2D eigenvalue weighted by molar-refractivity contribution is 5.86. The predicted molar refractivity (Wildman–Crippen MR) is 108 cm³/mol. The van der Waals surface area contributed by atoms with E-state index in [2.05, 4.69) is 0 Å². The Kier molecular flexibility index (Phi) is 5.11. The second-order valence-corrected chi connectivity index (χ2v) is 6.67. The summed E-state index contributed by atoms with van der Waals surface area (Å²) in [4.78, 5) is 11.0. The first-order valence-electron chi connectivity index (χ1n) is 9.16. The topological polar surface area (TPSA) is 55.8 Å². The summed E-state index contributed by atoms with van der Waals surface area (Å²) in [5.74, 6) is 1.53. The van der Waals surface area contributed by atoms with Crippen LogP contribution >= 0.6 is 0 Å². The zero-order valence-corrected chi connectivity index (χ0v) is 15.3. The summed E-state index contributed by atoms with van der Waals surface area (Å²) in [7, 11) is 0. The van der Waals surface area contributed by atoms with Crippen molar-refractivity contribution in [3.05, 3.63) is 95.6 Å². The number of aliphatic carboxylic acids is 1. The Morgan fingerprint density at radius 2 is 1.71 bits per heavy atom. The number of rotatable bonds is 7. The minimum absolute atomic E-state index is 0.0570. The number of allylic oxidation sites excluding steroid dienone is 1. The van der Waals surface area contributed by atoms with Gasteiger partial charge in [-0.05, 0) is 65.1 Å². The monoisotopic (exact) mass is 372 g/mol. The summed E-state index contributed by atoms with van der Waals surface area (Å²) >= 11 is 0. The van der Waals surface area contributed by atoms with Gasteiger partial charge < -0.3 is 14.6 Å². The highest BCUT2D eigenvalue weighted by atomic mass is 16.5. The lowest BCUT2D eigenvalue weighted by Crippen LogP contribution is -1.98. The lowest BCUT2D eigenvalue weighted by molar-refractivity contribution is -0.135. The number of benzene rings is 3. The van der Waals surface area contributed by atoms with Crippen molar-refractivity contribution in [3.63, 3.8) is 0 Å². The van der Waals surface area contributed by atoms with Crippen molar-refractivity contribution in [2.75, 3.05) is 0 Å². The van der Waals surface area contributed by atoms with Crippen LogP contribution in [0.1, 0.15) is 23.1 Å². The Hall–Kier alpha value is -3.53. The van der Waals surface area contributed by atoms with Gasteiger partial charge in [-0.25, -0.2) is 0 Å². The van der Waals surface area contributed by atoms with Crippen LogP contribution in [0.25, 0.3) is 5.57 Å². The average Bonchev–Trinajstić information content (AvgIpc) is 3.09. The third kappa shape index (κ3) is 4.23. The van der Waals surface area contributed by atoms with Gasteiger partial charge in [0.2, 0.25) is 0 Å². The molecule has 0 aromatic heterocycles. The Labute approximate surface area is 163 Å². The lowest BCUT2D eigenvalue weighted by atomic mass is 10.0. The van der Waals surface area contributed by atoms with Crippen LogP contribution in [0.5, 0.6) is 17.2 Å². The second-order valence-electron chi connectivity index (χ2n) is 6.67. The van der Waals surface area contributed by atoms with Crippen molar-refractivity contribution in [3.8, 4) is 17.2 Å². The molecule has 0 fully saturated rings. The summed E-state index contributed by atoms with van der Waals surface area (Å²) in [6.45, 7) is 0.431. The molecule has 0 saturated heterocycles. The first kappa shape index (κ1) is 17.9. The number of hydrogen-bond donors (Lipinski definition) is 1.